The highest BCUT2D eigenvalue weighted by molar-refractivity contribution is 7.66. The van der Waals surface area contributed by atoms with Crippen molar-refractivity contribution < 1.29 is 65.7 Å². The summed E-state index contributed by atoms with van der Waals surface area (Å²) < 4.78 is 63.1. The van der Waals surface area contributed by atoms with Crippen LogP contribution >= 0.6 is 23.5 Å². The average Bonchev–Trinajstić information content (AvgIpc) is 2.77. The zero-order valence-corrected chi connectivity index (χ0v) is 19.1. The van der Waals surface area contributed by atoms with Gasteiger partial charge in [-0.05, 0) is 6.92 Å². The molecule has 0 saturated carbocycles. The highest BCUT2D eigenvalue weighted by Crippen LogP contribution is 2.66. The number of rotatable bonds is 8. The van der Waals surface area contributed by atoms with Gasteiger partial charge < -0.3 is 38.9 Å². The summed E-state index contributed by atoms with van der Waals surface area (Å²) in [4.78, 5) is 62.0. The Morgan fingerprint density at radius 2 is 1.85 bits per heavy atom. The van der Waals surface area contributed by atoms with Gasteiger partial charge in [-0.15, -0.1) is 0 Å². The normalized spacial score (nSPS) is 31.5. The van der Waals surface area contributed by atoms with Gasteiger partial charge in [0.05, 0.1) is 13.2 Å². The molecule has 2 aliphatic heterocycles. The second-order valence-electron chi connectivity index (χ2n) is 6.96. The lowest BCUT2D eigenvalue weighted by Crippen LogP contribution is -2.49. The molecule has 3 heterocycles. The summed E-state index contributed by atoms with van der Waals surface area (Å²) in [7, 11) is -16.9. The smallest absolute Gasteiger partial charge is 0.387 e. The number of hydrogen-bond donors (Lipinski definition) is 6. The van der Waals surface area contributed by atoms with Crippen LogP contribution in [-0.2, 0) is 41.1 Å². The third-order valence-corrected chi connectivity index (χ3v) is 8.27. The number of aromatic nitrogens is 2. The van der Waals surface area contributed by atoms with Crippen LogP contribution in [-0.4, -0.2) is 72.0 Å². The van der Waals surface area contributed by atoms with E-state index in [1.807, 2.05) is 4.98 Å². The largest absolute Gasteiger partial charge is 0.490 e. The maximum atomic E-state index is 12.2. The molecule has 2 unspecified atom stereocenters. The van der Waals surface area contributed by atoms with Crippen molar-refractivity contribution in [3.8, 4) is 0 Å². The van der Waals surface area contributed by atoms with Gasteiger partial charge in [0.25, 0.3) is 5.56 Å². The number of aliphatic hydroxyl groups excluding tert-OH is 1. The molecular formula is C12H19N2O16P3. The Hall–Kier alpha value is -1.07. The lowest BCUT2D eigenvalue weighted by Gasteiger charge is -2.31. The molecule has 21 heteroatoms. The van der Waals surface area contributed by atoms with Crippen molar-refractivity contribution in [3.05, 3.63) is 32.6 Å². The molecule has 6 N–H and O–H groups in total. The molecule has 2 aliphatic rings. The van der Waals surface area contributed by atoms with Crippen LogP contribution in [0.1, 0.15) is 11.8 Å². The number of fused-ring (bicyclic) bond motifs is 2. The van der Waals surface area contributed by atoms with Crippen LogP contribution in [0.25, 0.3) is 0 Å². The predicted octanol–water partition coefficient (Wildman–Crippen LogP) is -1.81. The Balaban J connectivity index is 1.83. The highest BCUT2D eigenvalue weighted by atomic mass is 31.3. The van der Waals surface area contributed by atoms with E-state index in [0.29, 0.717) is 0 Å². The van der Waals surface area contributed by atoms with Crippen LogP contribution in [0.3, 0.4) is 0 Å². The predicted molar refractivity (Wildman–Crippen MR) is 100 cm³/mol. The molecule has 2 bridgehead atoms. The second-order valence-corrected chi connectivity index (χ2v) is 11.4. The number of nitrogens with zero attached hydrogens (tertiary/aromatic N) is 1. The maximum Gasteiger partial charge on any atom is 0.490 e. The summed E-state index contributed by atoms with van der Waals surface area (Å²) in [6, 6.07) is 0. The molecular weight excluding hydrogens is 521 g/mol. The number of phosphoric acid groups is 3. The first-order valence-corrected chi connectivity index (χ1v) is 13.2. The van der Waals surface area contributed by atoms with E-state index < -0.39 is 78.8 Å². The van der Waals surface area contributed by atoms with E-state index in [1.165, 1.54) is 6.92 Å². The molecule has 3 rings (SSSR count). The number of phosphoric ester groups is 1. The molecule has 2 fully saturated rings. The molecule has 1 aromatic rings. The van der Waals surface area contributed by atoms with Crippen molar-refractivity contribution >= 4 is 23.5 Å². The van der Waals surface area contributed by atoms with Gasteiger partial charge in [-0.25, -0.2) is 18.5 Å². The van der Waals surface area contributed by atoms with Crippen LogP contribution in [0.15, 0.2) is 15.8 Å². The molecule has 1 aromatic heterocycles. The van der Waals surface area contributed by atoms with Crippen LogP contribution in [0, 0.1) is 6.92 Å². The van der Waals surface area contributed by atoms with E-state index in [0.717, 1.165) is 10.8 Å². The minimum absolute atomic E-state index is 0.116. The number of aliphatic hydroxyl groups is 1. The van der Waals surface area contributed by atoms with Crippen LogP contribution < -0.4 is 11.2 Å². The fourth-order valence-electron chi connectivity index (χ4n) is 3.11. The zero-order chi connectivity index (χ0) is 24.8. The van der Waals surface area contributed by atoms with Crippen molar-refractivity contribution in [3.63, 3.8) is 0 Å². The van der Waals surface area contributed by atoms with Gasteiger partial charge in [0.1, 0.15) is 24.6 Å². The lowest BCUT2D eigenvalue weighted by molar-refractivity contribution is -0.198. The molecule has 6 atom stereocenters. The Labute approximate surface area is 183 Å². The number of nitrogens with one attached hydrogen (secondary N) is 1. The standard InChI is InChI=1S/C12H19N2O16P3/c1-6-2-14(11(17)13-9(6)16)10-7-8(15)12(28-10,3-25-5-26-7)4-27-32(21,22)30-33(23,24)29-31(18,19)20/h2,7-8,10,15H,3-5H2,1H3,(H,21,22)(H,23,24)(H,13,16,17)(H2,18,19,20)/t7-,8+,10-,12-/m1/s1. The van der Waals surface area contributed by atoms with Gasteiger partial charge >= 0.3 is 29.2 Å². The molecule has 0 amide bonds. The van der Waals surface area contributed by atoms with Crippen LogP contribution in [0.5, 0.6) is 0 Å². The minimum Gasteiger partial charge on any atom is -0.387 e. The lowest BCUT2D eigenvalue weighted by atomic mass is 9.97. The summed E-state index contributed by atoms with van der Waals surface area (Å²) in [5.74, 6) is 0. The van der Waals surface area contributed by atoms with E-state index in [4.69, 9.17) is 24.0 Å². The van der Waals surface area contributed by atoms with Gasteiger partial charge in [0.15, 0.2) is 6.23 Å². The molecule has 0 aromatic carbocycles. The molecule has 18 nitrogen and oxygen atoms in total. The second kappa shape index (κ2) is 9.18. The molecule has 0 aliphatic carbocycles. The van der Waals surface area contributed by atoms with E-state index >= 15 is 0 Å². The molecule has 0 spiro atoms. The Morgan fingerprint density at radius 3 is 2.48 bits per heavy atom. The highest BCUT2D eigenvalue weighted by Gasteiger charge is 2.59. The van der Waals surface area contributed by atoms with Gasteiger partial charge in [0.2, 0.25) is 0 Å². The van der Waals surface area contributed by atoms with E-state index in [2.05, 4.69) is 13.1 Å². The summed E-state index contributed by atoms with van der Waals surface area (Å²) >= 11 is 0. The SMILES string of the molecule is Cc1cn([C@@H]2O[C@@]3(COP(=O)(O)OP(=O)(O)OP(=O)(O)O)COCO[C@@H]2[C@@H]3O)c(=O)[nH]c1=O. The summed E-state index contributed by atoms with van der Waals surface area (Å²) in [6.45, 7) is -0.567. The zero-order valence-electron chi connectivity index (χ0n) is 16.4. The summed E-state index contributed by atoms with van der Waals surface area (Å²) in [5, 5.41) is 10.7. The van der Waals surface area contributed by atoms with Crippen molar-refractivity contribution in [2.45, 2.75) is 31.0 Å². The quantitative estimate of drug-likeness (QED) is 0.198. The number of aromatic amines is 1. The maximum absolute atomic E-state index is 12.2. The van der Waals surface area contributed by atoms with Crippen molar-refractivity contribution in [2.75, 3.05) is 20.0 Å². The fourth-order valence-corrected chi connectivity index (χ4v) is 6.19. The van der Waals surface area contributed by atoms with Crippen LogP contribution in [0.4, 0.5) is 0 Å². The third kappa shape index (κ3) is 6.14. The van der Waals surface area contributed by atoms with E-state index in [-0.39, 0.29) is 5.56 Å². The Kier molecular flexibility index (Phi) is 7.38. The summed E-state index contributed by atoms with van der Waals surface area (Å²) in [6.07, 6.45) is -3.18. The monoisotopic (exact) mass is 540 g/mol. The minimum atomic E-state index is -5.77. The first-order chi connectivity index (χ1) is 15.0. The Morgan fingerprint density at radius 1 is 1.18 bits per heavy atom. The van der Waals surface area contributed by atoms with Crippen molar-refractivity contribution in [1.82, 2.24) is 9.55 Å². The van der Waals surface area contributed by atoms with Gasteiger partial charge in [0, 0.05) is 11.8 Å². The fraction of sp³-hybridized carbons (Fsp3) is 0.667. The van der Waals surface area contributed by atoms with Gasteiger partial charge in [-0.2, -0.15) is 8.62 Å². The van der Waals surface area contributed by atoms with E-state index in [1.54, 1.807) is 0 Å². The van der Waals surface area contributed by atoms with Crippen LogP contribution in [0.2, 0.25) is 0 Å². The average molecular weight is 540 g/mol. The number of ether oxygens (including phenoxy) is 3. The first-order valence-electron chi connectivity index (χ1n) is 8.70. The molecule has 0 radical (unpaired) electrons. The number of H-pyrrole nitrogens is 1. The Bertz CT molecular complexity index is 1160. The van der Waals surface area contributed by atoms with Crippen molar-refractivity contribution in [1.29, 1.82) is 0 Å². The van der Waals surface area contributed by atoms with E-state index in [9.17, 15) is 38.2 Å². The topological polar surface area (TPSA) is 263 Å². The van der Waals surface area contributed by atoms with Gasteiger partial charge in [-0.1, -0.05) is 0 Å². The number of hydrogen-bond acceptors (Lipinski definition) is 12. The molecule has 188 valence electrons. The molecule has 33 heavy (non-hydrogen) atoms. The first kappa shape index (κ1) is 26.5. The van der Waals surface area contributed by atoms with Gasteiger partial charge in [-0.3, -0.25) is 18.9 Å². The molecule has 2 saturated heterocycles. The third-order valence-electron chi connectivity index (χ3n) is 4.48. The summed E-state index contributed by atoms with van der Waals surface area (Å²) in [5.41, 5.74) is -3.45. The van der Waals surface area contributed by atoms with Crippen molar-refractivity contribution in [2.24, 2.45) is 0 Å². The number of aryl methyl sites for hydroxylation is 1.